The van der Waals surface area contributed by atoms with Crippen LogP contribution in [-0.4, -0.2) is 40.1 Å². The number of benzene rings is 1. The van der Waals surface area contributed by atoms with E-state index in [0.717, 1.165) is 11.1 Å². The number of hydrogen-bond acceptors (Lipinski definition) is 4. The monoisotopic (exact) mass is 376 g/mol. The molecular weight excluding hydrogens is 356 g/mol. The first-order valence-corrected chi connectivity index (χ1v) is 8.99. The number of pyridine rings is 1. The molecule has 0 aliphatic rings. The number of nitrogens with one attached hydrogen (secondary N) is 1. The summed E-state index contributed by atoms with van der Waals surface area (Å²) in [6.45, 7) is 1.30. The molecular formula is C21H20N4O3. The molecule has 0 aliphatic carbocycles. The predicted octanol–water partition coefficient (Wildman–Crippen LogP) is 2.07. The van der Waals surface area contributed by atoms with Crippen molar-refractivity contribution in [2.24, 2.45) is 0 Å². The maximum atomic E-state index is 13.0. The van der Waals surface area contributed by atoms with E-state index in [9.17, 15) is 9.59 Å². The van der Waals surface area contributed by atoms with Crippen LogP contribution in [0, 0.1) is 0 Å². The van der Waals surface area contributed by atoms with Crippen LogP contribution in [0.4, 0.5) is 0 Å². The van der Waals surface area contributed by atoms with Crippen LogP contribution in [0.2, 0.25) is 0 Å². The summed E-state index contributed by atoms with van der Waals surface area (Å²) in [4.78, 5) is 29.5. The standard InChI is InChI=1S/C21H20N4O3/c1-28-13-11-23-20(26)16-8-6-15(7-9-16)14-25-19-17(4-2-10-22-19)24-12-3-5-18(24)21(25)27/h2-10,12H,11,13-14H2,1H3,(H,23,26). The van der Waals surface area contributed by atoms with E-state index >= 15 is 0 Å². The van der Waals surface area contributed by atoms with Crippen molar-refractivity contribution in [3.63, 3.8) is 0 Å². The van der Waals surface area contributed by atoms with Gasteiger partial charge in [-0.25, -0.2) is 4.98 Å². The van der Waals surface area contributed by atoms with Gasteiger partial charge in [0.25, 0.3) is 11.5 Å². The van der Waals surface area contributed by atoms with Crippen LogP contribution in [0.5, 0.6) is 0 Å². The van der Waals surface area contributed by atoms with Gasteiger partial charge in [0.2, 0.25) is 0 Å². The van der Waals surface area contributed by atoms with Gasteiger partial charge in [-0.15, -0.1) is 0 Å². The largest absolute Gasteiger partial charge is 0.383 e. The lowest BCUT2D eigenvalue weighted by molar-refractivity contribution is 0.0937. The molecule has 142 valence electrons. The van der Waals surface area contributed by atoms with Gasteiger partial charge in [-0.1, -0.05) is 12.1 Å². The fourth-order valence-corrected chi connectivity index (χ4v) is 3.24. The summed E-state index contributed by atoms with van der Waals surface area (Å²) in [7, 11) is 1.59. The third kappa shape index (κ3) is 3.27. The van der Waals surface area contributed by atoms with Gasteiger partial charge in [0.05, 0.1) is 18.7 Å². The number of rotatable bonds is 6. The molecule has 1 amide bonds. The number of methoxy groups -OCH3 is 1. The van der Waals surface area contributed by atoms with Crippen molar-refractivity contribution in [1.29, 1.82) is 0 Å². The predicted molar refractivity (Wildman–Crippen MR) is 107 cm³/mol. The lowest BCUT2D eigenvalue weighted by atomic mass is 10.1. The summed E-state index contributed by atoms with van der Waals surface area (Å²) >= 11 is 0. The first-order chi connectivity index (χ1) is 13.7. The first kappa shape index (κ1) is 17.9. The van der Waals surface area contributed by atoms with E-state index in [4.69, 9.17) is 4.74 Å². The normalized spacial score (nSPS) is 11.2. The fourth-order valence-electron chi connectivity index (χ4n) is 3.24. The Morgan fingerprint density at radius 2 is 1.89 bits per heavy atom. The molecule has 7 nitrogen and oxygen atoms in total. The Kier molecular flexibility index (Phi) is 4.90. The Bertz CT molecular complexity index is 1190. The minimum absolute atomic E-state index is 0.0995. The molecule has 0 saturated heterocycles. The summed E-state index contributed by atoms with van der Waals surface area (Å²) in [6.07, 6.45) is 3.54. The van der Waals surface area contributed by atoms with Gasteiger partial charge in [0.15, 0.2) is 5.65 Å². The van der Waals surface area contributed by atoms with Gasteiger partial charge in [-0.2, -0.15) is 0 Å². The van der Waals surface area contributed by atoms with Crippen LogP contribution < -0.4 is 10.9 Å². The number of hydrogen-bond donors (Lipinski definition) is 1. The SMILES string of the molecule is COCCNC(=O)c1ccc(Cn2c(=O)c3cccn3c3cccnc32)cc1. The number of fused-ring (bicyclic) bond motifs is 3. The number of amides is 1. The summed E-state index contributed by atoms with van der Waals surface area (Å²) < 4.78 is 8.45. The quantitative estimate of drug-likeness (QED) is 0.523. The Balaban J connectivity index is 1.65. The Morgan fingerprint density at radius 3 is 2.68 bits per heavy atom. The van der Waals surface area contributed by atoms with E-state index in [1.54, 1.807) is 36.1 Å². The minimum Gasteiger partial charge on any atom is -0.383 e. The zero-order valence-corrected chi connectivity index (χ0v) is 15.5. The van der Waals surface area contributed by atoms with E-state index in [0.29, 0.717) is 36.4 Å². The van der Waals surface area contributed by atoms with Crippen molar-refractivity contribution >= 4 is 22.6 Å². The van der Waals surface area contributed by atoms with Crippen LogP contribution in [0.25, 0.3) is 16.7 Å². The second kappa shape index (κ2) is 7.66. The molecule has 0 saturated carbocycles. The number of carbonyl (C=O) groups is 1. The van der Waals surface area contributed by atoms with E-state index < -0.39 is 0 Å². The molecule has 4 rings (SSSR count). The number of aromatic nitrogens is 3. The topological polar surface area (TPSA) is 77.6 Å². The molecule has 0 spiro atoms. The zero-order chi connectivity index (χ0) is 19.5. The van der Waals surface area contributed by atoms with Crippen LogP contribution >= 0.6 is 0 Å². The average Bonchev–Trinajstić information content (AvgIpc) is 3.22. The highest BCUT2D eigenvalue weighted by Crippen LogP contribution is 2.14. The number of ether oxygens (including phenoxy) is 1. The highest BCUT2D eigenvalue weighted by Gasteiger charge is 2.12. The molecule has 3 aromatic heterocycles. The second-order valence-electron chi connectivity index (χ2n) is 6.45. The molecule has 0 radical (unpaired) electrons. The Morgan fingerprint density at radius 1 is 1.11 bits per heavy atom. The molecule has 1 N–H and O–H groups in total. The maximum absolute atomic E-state index is 13.0. The van der Waals surface area contributed by atoms with Crippen molar-refractivity contribution in [2.75, 3.05) is 20.3 Å². The smallest absolute Gasteiger partial charge is 0.276 e. The second-order valence-corrected chi connectivity index (χ2v) is 6.45. The molecule has 0 bridgehead atoms. The number of nitrogens with zero attached hydrogens (tertiary/aromatic N) is 3. The molecule has 28 heavy (non-hydrogen) atoms. The molecule has 4 aromatic rings. The van der Waals surface area contributed by atoms with Crippen molar-refractivity contribution in [2.45, 2.75) is 6.54 Å². The maximum Gasteiger partial charge on any atom is 0.276 e. The van der Waals surface area contributed by atoms with E-state index in [-0.39, 0.29) is 11.5 Å². The number of carbonyl (C=O) groups excluding carboxylic acids is 1. The molecule has 0 unspecified atom stereocenters. The highest BCUT2D eigenvalue weighted by molar-refractivity contribution is 5.94. The Labute approximate surface area is 161 Å². The van der Waals surface area contributed by atoms with Gasteiger partial charge >= 0.3 is 0 Å². The summed E-state index contributed by atoms with van der Waals surface area (Å²) in [5.74, 6) is -0.150. The third-order valence-corrected chi connectivity index (χ3v) is 4.64. The molecule has 0 atom stereocenters. The fraction of sp³-hybridized carbons (Fsp3) is 0.190. The van der Waals surface area contributed by atoms with Crippen LogP contribution in [0.1, 0.15) is 15.9 Å². The molecule has 1 aromatic carbocycles. The van der Waals surface area contributed by atoms with Gasteiger partial charge in [-0.3, -0.25) is 14.2 Å². The molecule has 0 fully saturated rings. The zero-order valence-electron chi connectivity index (χ0n) is 15.5. The van der Waals surface area contributed by atoms with Crippen LogP contribution in [0.3, 0.4) is 0 Å². The third-order valence-electron chi connectivity index (χ3n) is 4.64. The highest BCUT2D eigenvalue weighted by atomic mass is 16.5. The summed E-state index contributed by atoms with van der Waals surface area (Å²) in [5, 5.41) is 2.79. The minimum atomic E-state index is -0.150. The molecule has 7 heteroatoms. The van der Waals surface area contributed by atoms with Crippen molar-refractivity contribution in [1.82, 2.24) is 19.3 Å². The van der Waals surface area contributed by atoms with Crippen molar-refractivity contribution in [3.8, 4) is 0 Å². The summed E-state index contributed by atoms with van der Waals surface area (Å²) in [6, 6.07) is 14.7. The van der Waals surface area contributed by atoms with Gasteiger partial charge in [0.1, 0.15) is 5.52 Å². The van der Waals surface area contributed by atoms with Crippen molar-refractivity contribution in [3.05, 3.63) is 82.4 Å². The van der Waals surface area contributed by atoms with E-state index in [2.05, 4.69) is 10.3 Å². The van der Waals surface area contributed by atoms with Gasteiger partial charge in [0, 0.05) is 31.6 Å². The molecule has 0 aliphatic heterocycles. The van der Waals surface area contributed by atoms with Gasteiger partial charge < -0.3 is 14.5 Å². The van der Waals surface area contributed by atoms with Crippen molar-refractivity contribution < 1.29 is 9.53 Å². The summed E-state index contributed by atoms with van der Waals surface area (Å²) in [5.41, 5.74) is 3.48. The van der Waals surface area contributed by atoms with Crippen LogP contribution in [0.15, 0.2) is 65.7 Å². The lowest BCUT2D eigenvalue weighted by Crippen LogP contribution is -2.27. The average molecular weight is 376 g/mol. The molecule has 3 heterocycles. The van der Waals surface area contributed by atoms with E-state index in [1.807, 2.05) is 40.9 Å². The lowest BCUT2D eigenvalue weighted by Gasteiger charge is -2.12. The van der Waals surface area contributed by atoms with Crippen LogP contribution in [-0.2, 0) is 11.3 Å². The van der Waals surface area contributed by atoms with E-state index in [1.165, 1.54) is 0 Å². The first-order valence-electron chi connectivity index (χ1n) is 8.99. The van der Waals surface area contributed by atoms with Gasteiger partial charge in [-0.05, 0) is 42.0 Å². The Hall–Kier alpha value is -3.45.